The Labute approximate surface area is 176 Å². The summed E-state index contributed by atoms with van der Waals surface area (Å²) in [7, 11) is 0. The lowest BCUT2D eigenvalue weighted by atomic mass is 9.98. The van der Waals surface area contributed by atoms with Gasteiger partial charge in [0.25, 0.3) is 5.91 Å². The number of halogens is 1. The van der Waals surface area contributed by atoms with E-state index in [4.69, 9.17) is 9.15 Å². The van der Waals surface area contributed by atoms with Gasteiger partial charge in [0.2, 0.25) is 5.76 Å². The van der Waals surface area contributed by atoms with Gasteiger partial charge < -0.3 is 14.1 Å². The Hall–Kier alpha value is -2.44. The lowest BCUT2D eigenvalue weighted by Crippen LogP contribution is -2.36. The first-order valence-corrected chi connectivity index (χ1v) is 10.6. The highest BCUT2D eigenvalue weighted by Gasteiger charge is 2.43. The monoisotopic (exact) mass is 453 g/mol. The maximum absolute atomic E-state index is 13.5. The third kappa shape index (κ3) is 3.11. The number of ether oxygens (including phenoxy) is 1. The molecule has 1 amide bonds. The van der Waals surface area contributed by atoms with Crippen LogP contribution in [0.5, 0.6) is 0 Å². The molecule has 2 aromatic carbocycles. The van der Waals surface area contributed by atoms with Crippen LogP contribution in [0.2, 0.25) is 0 Å². The Morgan fingerprint density at radius 3 is 2.66 bits per heavy atom. The van der Waals surface area contributed by atoms with Crippen LogP contribution >= 0.6 is 15.9 Å². The van der Waals surface area contributed by atoms with Crippen LogP contribution in [0.25, 0.3) is 11.0 Å². The minimum Gasteiger partial charge on any atom is -0.450 e. The molecule has 5 rings (SSSR count). The van der Waals surface area contributed by atoms with E-state index in [1.54, 1.807) is 11.0 Å². The lowest BCUT2D eigenvalue weighted by Gasteiger charge is -2.27. The predicted octanol–water partition coefficient (Wildman–Crippen LogP) is 4.59. The topological polar surface area (TPSA) is 59.8 Å². The molecule has 3 aromatic rings. The van der Waals surface area contributed by atoms with Gasteiger partial charge in [0, 0.05) is 17.6 Å². The van der Waals surface area contributed by atoms with Crippen molar-refractivity contribution in [3.8, 4) is 0 Å². The Morgan fingerprint density at radius 1 is 1.14 bits per heavy atom. The number of rotatable bonds is 3. The summed E-state index contributed by atoms with van der Waals surface area (Å²) in [6.45, 7) is 3.09. The summed E-state index contributed by atoms with van der Waals surface area (Å²) in [5.41, 5.74) is 2.60. The normalized spacial score (nSPS) is 21.2. The van der Waals surface area contributed by atoms with Gasteiger partial charge in [-0.05, 0) is 49.6 Å². The Kier molecular flexibility index (Phi) is 4.56. The van der Waals surface area contributed by atoms with E-state index in [0.717, 1.165) is 28.4 Å². The third-order valence-corrected chi connectivity index (χ3v) is 6.26. The Balaban J connectivity index is 1.71. The second-order valence-corrected chi connectivity index (χ2v) is 8.64. The van der Waals surface area contributed by atoms with E-state index in [1.165, 1.54) is 0 Å². The van der Waals surface area contributed by atoms with Crippen molar-refractivity contribution in [2.75, 3.05) is 13.2 Å². The van der Waals surface area contributed by atoms with Gasteiger partial charge in [0.05, 0.1) is 23.1 Å². The van der Waals surface area contributed by atoms with Gasteiger partial charge in [-0.15, -0.1) is 0 Å². The average molecular weight is 454 g/mol. The zero-order valence-corrected chi connectivity index (χ0v) is 17.6. The molecule has 0 unspecified atom stereocenters. The highest BCUT2D eigenvalue weighted by atomic mass is 79.9. The third-order valence-electron chi connectivity index (χ3n) is 5.73. The molecule has 0 saturated carbocycles. The molecule has 0 radical (unpaired) electrons. The summed E-state index contributed by atoms with van der Waals surface area (Å²) < 4.78 is 12.7. The Morgan fingerprint density at radius 2 is 1.93 bits per heavy atom. The minimum absolute atomic E-state index is 0.0158. The second kappa shape index (κ2) is 7.11. The van der Waals surface area contributed by atoms with Gasteiger partial charge in [0.1, 0.15) is 5.58 Å². The van der Waals surface area contributed by atoms with Crippen LogP contribution in [-0.4, -0.2) is 30.1 Å². The SMILES string of the molecule is Cc1ccc2oc3c(c(=O)c2c1)[C@@H](c1ccc(Br)cc1)N(C[C@H]1CCCO1)C3=O. The maximum atomic E-state index is 13.5. The number of fused-ring (bicyclic) bond motifs is 2. The molecule has 2 aliphatic heterocycles. The molecule has 0 aliphatic carbocycles. The molecular formula is C23H20BrNO4. The lowest BCUT2D eigenvalue weighted by molar-refractivity contribution is 0.0486. The molecule has 0 N–H and O–H groups in total. The number of amides is 1. The molecule has 1 aromatic heterocycles. The van der Waals surface area contributed by atoms with Gasteiger partial charge in [-0.1, -0.05) is 39.7 Å². The van der Waals surface area contributed by atoms with Crippen LogP contribution in [0.1, 0.15) is 46.1 Å². The molecule has 2 aliphatic rings. The van der Waals surface area contributed by atoms with Crippen molar-refractivity contribution < 1.29 is 13.9 Å². The number of carbonyl (C=O) groups is 1. The smallest absolute Gasteiger partial charge is 0.291 e. The summed E-state index contributed by atoms with van der Waals surface area (Å²) >= 11 is 3.46. The van der Waals surface area contributed by atoms with E-state index in [2.05, 4.69) is 15.9 Å². The molecule has 0 spiro atoms. The first-order valence-electron chi connectivity index (χ1n) is 9.78. The van der Waals surface area contributed by atoms with E-state index < -0.39 is 6.04 Å². The van der Waals surface area contributed by atoms with Crippen molar-refractivity contribution in [1.29, 1.82) is 0 Å². The quantitative estimate of drug-likeness (QED) is 0.581. The molecule has 148 valence electrons. The van der Waals surface area contributed by atoms with Gasteiger partial charge in [-0.2, -0.15) is 0 Å². The number of nitrogens with zero attached hydrogens (tertiary/aromatic N) is 1. The number of hydrogen-bond donors (Lipinski definition) is 0. The fourth-order valence-electron chi connectivity index (χ4n) is 4.32. The largest absolute Gasteiger partial charge is 0.450 e. The fourth-order valence-corrected chi connectivity index (χ4v) is 4.59. The fraction of sp³-hybridized carbons (Fsp3) is 0.304. The van der Waals surface area contributed by atoms with E-state index in [1.807, 2.05) is 43.3 Å². The van der Waals surface area contributed by atoms with E-state index in [-0.39, 0.29) is 23.2 Å². The Bertz CT molecular complexity index is 1160. The summed E-state index contributed by atoms with van der Waals surface area (Å²) in [5.74, 6) is -0.0970. The first-order chi connectivity index (χ1) is 14.0. The molecule has 6 heteroatoms. The molecule has 1 saturated heterocycles. The standard InChI is InChI=1S/C23H20BrNO4/c1-13-4-9-18-17(11-13)21(26)19-20(14-5-7-15(24)8-6-14)25(23(27)22(19)29-18)12-16-3-2-10-28-16/h4-9,11,16,20H,2-3,10,12H2,1H3/t16-,20-/m1/s1. The van der Waals surface area contributed by atoms with Crippen molar-refractivity contribution in [1.82, 2.24) is 4.90 Å². The van der Waals surface area contributed by atoms with Gasteiger partial charge >= 0.3 is 0 Å². The molecule has 3 heterocycles. The number of carbonyl (C=O) groups excluding carboxylic acids is 1. The van der Waals surface area contributed by atoms with Crippen LogP contribution in [0.4, 0.5) is 0 Å². The van der Waals surface area contributed by atoms with Crippen molar-refractivity contribution in [2.24, 2.45) is 0 Å². The van der Waals surface area contributed by atoms with Crippen LogP contribution in [0.3, 0.4) is 0 Å². The average Bonchev–Trinajstić information content (AvgIpc) is 3.32. The number of hydrogen-bond acceptors (Lipinski definition) is 4. The second-order valence-electron chi connectivity index (χ2n) is 7.72. The first kappa shape index (κ1) is 18.6. The zero-order valence-electron chi connectivity index (χ0n) is 16.0. The molecule has 1 fully saturated rings. The van der Waals surface area contributed by atoms with Crippen molar-refractivity contribution in [3.63, 3.8) is 0 Å². The van der Waals surface area contributed by atoms with E-state index >= 15 is 0 Å². The van der Waals surface area contributed by atoms with Crippen LogP contribution in [-0.2, 0) is 4.74 Å². The van der Waals surface area contributed by atoms with Gasteiger partial charge in [-0.3, -0.25) is 9.59 Å². The molecule has 0 bridgehead atoms. The van der Waals surface area contributed by atoms with E-state index in [9.17, 15) is 9.59 Å². The number of aryl methyl sites for hydroxylation is 1. The molecular weight excluding hydrogens is 434 g/mol. The number of benzene rings is 2. The van der Waals surface area contributed by atoms with E-state index in [0.29, 0.717) is 29.7 Å². The minimum atomic E-state index is -0.476. The maximum Gasteiger partial charge on any atom is 0.291 e. The summed E-state index contributed by atoms with van der Waals surface area (Å²) in [6.07, 6.45) is 1.89. The molecule has 29 heavy (non-hydrogen) atoms. The summed E-state index contributed by atoms with van der Waals surface area (Å²) in [6, 6.07) is 12.7. The van der Waals surface area contributed by atoms with Crippen molar-refractivity contribution >= 4 is 32.8 Å². The van der Waals surface area contributed by atoms with Crippen LogP contribution < -0.4 is 5.43 Å². The summed E-state index contributed by atoms with van der Waals surface area (Å²) in [5, 5.41) is 0.512. The molecule has 2 atom stereocenters. The highest BCUT2D eigenvalue weighted by molar-refractivity contribution is 9.10. The predicted molar refractivity (Wildman–Crippen MR) is 113 cm³/mol. The zero-order chi connectivity index (χ0) is 20.1. The molecule has 5 nitrogen and oxygen atoms in total. The highest BCUT2D eigenvalue weighted by Crippen LogP contribution is 2.39. The summed E-state index contributed by atoms with van der Waals surface area (Å²) in [4.78, 5) is 28.5. The van der Waals surface area contributed by atoms with Gasteiger partial charge in [-0.25, -0.2) is 0 Å². The van der Waals surface area contributed by atoms with Gasteiger partial charge in [0.15, 0.2) is 5.43 Å². The van der Waals surface area contributed by atoms with Crippen LogP contribution in [0, 0.1) is 6.92 Å². The van der Waals surface area contributed by atoms with Crippen molar-refractivity contribution in [3.05, 3.63) is 79.6 Å². The van der Waals surface area contributed by atoms with Crippen molar-refractivity contribution in [2.45, 2.75) is 31.9 Å². The van der Waals surface area contributed by atoms with Crippen LogP contribution in [0.15, 0.2) is 56.1 Å².